The van der Waals surface area contributed by atoms with Crippen molar-refractivity contribution in [1.29, 1.82) is 0 Å². The Morgan fingerprint density at radius 3 is 2.82 bits per heavy atom. The molecule has 0 atom stereocenters. The molecule has 3 heterocycles. The Morgan fingerprint density at radius 2 is 2.09 bits per heavy atom. The molecule has 112 valence electrons. The summed E-state index contributed by atoms with van der Waals surface area (Å²) < 4.78 is 5.32. The molecule has 22 heavy (non-hydrogen) atoms. The first-order valence-corrected chi connectivity index (χ1v) is 7.67. The van der Waals surface area contributed by atoms with Crippen molar-refractivity contribution in [3.8, 4) is 10.8 Å². The number of nitrogens with zero attached hydrogens (tertiary/aromatic N) is 2. The molecule has 5 nitrogen and oxygen atoms in total. The van der Waals surface area contributed by atoms with Crippen molar-refractivity contribution in [2.75, 3.05) is 0 Å². The number of aromatic nitrogens is 2. The van der Waals surface area contributed by atoms with Gasteiger partial charge < -0.3 is 9.73 Å². The van der Waals surface area contributed by atoms with Crippen molar-refractivity contribution in [1.82, 2.24) is 15.3 Å². The number of carbonyl (C=O) groups excluding carboxylic acids is 1. The lowest BCUT2D eigenvalue weighted by molar-refractivity contribution is 0.0945. The highest BCUT2D eigenvalue weighted by atomic mass is 32.1. The maximum Gasteiger partial charge on any atom is 0.271 e. The van der Waals surface area contributed by atoms with E-state index in [2.05, 4.69) is 15.3 Å². The van der Waals surface area contributed by atoms with Crippen molar-refractivity contribution in [2.24, 2.45) is 0 Å². The van der Waals surface area contributed by atoms with Crippen molar-refractivity contribution in [2.45, 2.75) is 20.4 Å². The highest BCUT2D eigenvalue weighted by Gasteiger charge is 2.17. The molecule has 0 aromatic carbocycles. The van der Waals surface area contributed by atoms with Gasteiger partial charge in [-0.15, -0.1) is 11.3 Å². The van der Waals surface area contributed by atoms with E-state index in [-0.39, 0.29) is 5.91 Å². The zero-order valence-corrected chi connectivity index (χ0v) is 13.1. The number of thiazole rings is 1. The van der Waals surface area contributed by atoms with Gasteiger partial charge >= 0.3 is 0 Å². The lowest BCUT2D eigenvalue weighted by atomic mass is 10.3. The van der Waals surface area contributed by atoms with Crippen LogP contribution < -0.4 is 5.32 Å². The molecule has 0 saturated carbocycles. The molecule has 0 aliphatic carbocycles. The monoisotopic (exact) mass is 313 g/mol. The van der Waals surface area contributed by atoms with E-state index in [0.29, 0.717) is 23.0 Å². The van der Waals surface area contributed by atoms with E-state index >= 15 is 0 Å². The van der Waals surface area contributed by atoms with Crippen LogP contribution in [0, 0.1) is 13.8 Å². The standard InChI is InChI=1S/C16H15N3O2S/c1-10-5-3-6-12(18-10)9-17-15(20)14-11(2)22-16(19-14)13-7-4-8-21-13/h3-8H,9H2,1-2H3,(H,17,20). The van der Waals surface area contributed by atoms with Crippen LogP contribution in [-0.4, -0.2) is 15.9 Å². The van der Waals surface area contributed by atoms with Crippen LogP contribution in [0.4, 0.5) is 0 Å². The van der Waals surface area contributed by atoms with E-state index in [1.54, 1.807) is 12.3 Å². The van der Waals surface area contributed by atoms with E-state index in [4.69, 9.17) is 4.42 Å². The zero-order chi connectivity index (χ0) is 15.5. The normalized spacial score (nSPS) is 10.6. The number of hydrogen-bond donors (Lipinski definition) is 1. The van der Waals surface area contributed by atoms with Crippen molar-refractivity contribution in [3.63, 3.8) is 0 Å². The number of aryl methyl sites for hydroxylation is 2. The molecule has 6 heteroatoms. The first-order valence-electron chi connectivity index (χ1n) is 6.85. The zero-order valence-electron chi connectivity index (χ0n) is 12.3. The van der Waals surface area contributed by atoms with Crippen LogP contribution in [0.2, 0.25) is 0 Å². The molecular weight excluding hydrogens is 298 g/mol. The van der Waals surface area contributed by atoms with Gasteiger partial charge in [-0.05, 0) is 38.1 Å². The van der Waals surface area contributed by atoms with Crippen LogP contribution in [0.25, 0.3) is 10.8 Å². The molecule has 0 unspecified atom stereocenters. The van der Waals surface area contributed by atoms with Gasteiger partial charge in [-0.25, -0.2) is 4.98 Å². The summed E-state index contributed by atoms with van der Waals surface area (Å²) in [5, 5.41) is 3.56. The number of amides is 1. The van der Waals surface area contributed by atoms with Crippen LogP contribution in [0.1, 0.15) is 26.8 Å². The van der Waals surface area contributed by atoms with Crippen LogP contribution in [0.3, 0.4) is 0 Å². The Hall–Kier alpha value is -2.47. The Labute approximate surface area is 132 Å². The number of hydrogen-bond acceptors (Lipinski definition) is 5. The summed E-state index contributed by atoms with van der Waals surface area (Å²) in [7, 11) is 0. The summed E-state index contributed by atoms with van der Waals surface area (Å²) in [5.74, 6) is 0.474. The van der Waals surface area contributed by atoms with Gasteiger partial charge in [0.2, 0.25) is 0 Å². The Balaban J connectivity index is 1.72. The summed E-state index contributed by atoms with van der Waals surface area (Å²) in [5.41, 5.74) is 2.19. The highest BCUT2D eigenvalue weighted by Crippen LogP contribution is 2.27. The van der Waals surface area contributed by atoms with Crippen molar-refractivity contribution < 1.29 is 9.21 Å². The van der Waals surface area contributed by atoms with E-state index in [1.807, 2.05) is 38.1 Å². The van der Waals surface area contributed by atoms with E-state index in [0.717, 1.165) is 16.3 Å². The maximum absolute atomic E-state index is 12.3. The molecule has 1 N–H and O–H groups in total. The molecular formula is C16H15N3O2S. The summed E-state index contributed by atoms with van der Waals surface area (Å²) in [4.78, 5) is 21.9. The number of rotatable bonds is 4. The molecule has 0 radical (unpaired) electrons. The van der Waals surface area contributed by atoms with Crippen LogP contribution in [-0.2, 0) is 6.54 Å². The summed E-state index contributed by atoms with van der Waals surface area (Å²) >= 11 is 1.44. The van der Waals surface area contributed by atoms with E-state index < -0.39 is 0 Å². The maximum atomic E-state index is 12.3. The number of nitrogens with one attached hydrogen (secondary N) is 1. The van der Waals surface area contributed by atoms with E-state index in [1.165, 1.54) is 11.3 Å². The Kier molecular flexibility index (Phi) is 4.02. The average molecular weight is 313 g/mol. The minimum atomic E-state index is -0.199. The van der Waals surface area contributed by atoms with Gasteiger partial charge in [0.15, 0.2) is 10.8 Å². The fourth-order valence-electron chi connectivity index (χ4n) is 2.07. The minimum absolute atomic E-state index is 0.199. The third-order valence-corrected chi connectivity index (χ3v) is 4.11. The molecule has 3 aromatic rings. The third kappa shape index (κ3) is 3.07. The molecule has 1 amide bonds. The predicted molar refractivity (Wildman–Crippen MR) is 84.7 cm³/mol. The molecule has 3 rings (SSSR count). The fourth-order valence-corrected chi connectivity index (χ4v) is 2.94. The SMILES string of the molecule is Cc1cccc(CNC(=O)c2nc(-c3ccco3)sc2C)n1. The van der Waals surface area contributed by atoms with Crippen molar-refractivity contribution >= 4 is 17.2 Å². The van der Waals surface area contributed by atoms with Gasteiger partial charge in [0, 0.05) is 10.6 Å². The molecule has 3 aromatic heterocycles. The van der Waals surface area contributed by atoms with Gasteiger partial charge in [0.05, 0.1) is 18.5 Å². The number of pyridine rings is 1. The lowest BCUT2D eigenvalue weighted by Crippen LogP contribution is -2.24. The first kappa shape index (κ1) is 14.5. The smallest absolute Gasteiger partial charge is 0.271 e. The average Bonchev–Trinajstić information content (AvgIpc) is 3.14. The van der Waals surface area contributed by atoms with Gasteiger partial charge in [-0.1, -0.05) is 6.07 Å². The minimum Gasteiger partial charge on any atom is -0.462 e. The Bertz CT molecular complexity index is 794. The third-order valence-electron chi connectivity index (χ3n) is 3.12. The topological polar surface area (TPSA) is 68.0 Å². The molecule has 0 fully saturated rings. The summed E-state index contributed by atoms with van der Waals surface area (Å²) in [6, 6.07) is 9.36. The molecule has 0 aliphatic rings. The second kappa shape index (κ2) is 6.11. The van der Waals surface area contributed by atoms with E-state index in [9.17, 15) is 4.79 Å². The second-order valence-electron chi connectivity index (χ2n) is 4.85. The molecule has 0 bridgehead atoms. The van der Waals surface area contributed by atoms with Gasteiger partial charge in [-0.3, -0.25) is 9.78 Å². The van der Waals surface area contributed by atoms with Crippen LogP contribution in [0.15, 0.2) is 41.0 Å². The van der Waals surface area contributed by atoms with Crippen LogP contribution in [0.5, 0.6) is 0 Å². The molecule has 0 spiro atoms. The van der Waals surface area contributed by atoms with Crippen LogP contribution >= 0.6 is 11.3 Å². The number of furan rings is 1. The molecule has 0 aliphatic heterocycles. The van der Waals surface area contributed by atoms with Gasteiger partial charge in [-0.2, -0.15) is 0 Å². The number of carbonyl (C=O) groups is 1. The first-order chi connectivity index (χ1) is 10.6. The fraction of sp³-hybridized carbons (Fsp3) is 0.188. The summed E-state index contributed by atoms with van der Waals surface area (Å²) in [6.07, 6.45) is 1.59. The van der Waals surface area contributed by atoms with Crippen molar-refractivity contribution in [3.05, 3.63) is 58.6 Å². The van der Waals surface area contributed by atoms with Gasteiger partial charge in [0.25, 0.3) is 5.91 Å². The second-order valence-corrected chi connectivity index (χ2v) is 6.06. The lowest BCUT2D eigenvalue weighted by Gasteiger charge is -2.04. The largest absolute Gasteiger partial charge is 0.462 e. The highest BCUT2D eigenvalue weighted by molar-refractivity contribution is 7.15. The molecule has 0 saturated heterocycles. The predicted octanol–water partition coefficient (Wildman–Crippen LogP) is 3.34. The Morgan fingerprint density at radius 1 is 1.23 bits per heavy atom. The van der Waals surface area contributed by atoms with Gasteiger partial charge in [0.1, 0.15) is 5.69 Å². The summed E-state index contributed by atoms with van der Waals surface area (Å²) in [6.45, 7) is 4.18. The quantitative estimate of drug-likeness (QED) is 0.802.